The van der Waals surface area contributed by atoms with Crippen LogP contribution in [0, 0.1) is 0 Å². The lowest BCUT2D eigenvalue weighted by molar-refractivity contribution is -0.123. The van der Waals surface area contributed by atoms with Crippen molar-refractivity contribution in [3.63, 3.8) is 0 Å². The summed E-state index contributed by atoms with van der Waals surface area (Å²) in [4.78, 5) is 31.1. The number of ether oxygens (including phenoxy) is 1. The average Bonchev–Trinajstić information content (AvgIpc) is 3.31. The molecule has 0 aliphatic carbocycles. The number of benzene rings is 2. The Kier molecular flexibility index (Phi) is 8.70. The number of carbonyl (C=O) groups excluding carboxylic acids is 2. The number of β-amino-alcohol motifs (C(OH)–C–C–N with tert-alkyl or cyclic N) is 1. The monoisotopic (exact) mass is 491 g/mol. The molecule has 0 saturated heterocycles. The summed E-state index contributed by atoms with van der Waals surface area (Å²) in [6.45, 7) is 2.60. The molecule has 0 bridgehead atoms. The van der Waals surface area contributed by atoms with E-state index >= 15 is 0 Å². The van der Waals surface area contributed by atoms with E-state index in [9.17, 15) is 14.7 Å². The summed E-state index contributed by atoms with van der Waals surface area (Å²) in [7, 11) is 1.90. The highest BCUT2D eigenvalue weighted by molar-refractivity contribution is 5.94. The molecule has 0 radical (unpaired) electrons. The van der Waals surface area contributed by atoms with Gasteiger partial charge in [-0.2, -0.15) is 0 Å². The Morgan fingerprint density at radius 2 is 1.97 bits per heavy atom. The van der Waals surface area contributed by atoms with Crippen LogP contribution >= 0.6 is 0 Å². The zero-order valence-electron chi connectivity index (χ0n) is 20.5. The molecule has 2 aromatic carbocycles. The van der Waals surface area contributed by atoms with Gasteiger partial charge in [-0.05, 0) is 35.7 Å². The summed E-state index contributed by atoms with van der Waals surface area (Å²) >= 11 is 0. The van der Waals surface area contributed by atoms with E-state index in [1.54, 1.807) is 30.6 Å². The van der Waals surface area contributed by atoms with Gasteiger partial charge in [-0.15, -0.1) is 0 Å². The second-order valence-electron chi connectivity index (χ2n) is 9.06. The van der Waals surface area contributed by atoms with Crippen molar-refractivity contribution in [2.24, 2.45) is 7.05 Å². The number of fused-ring (bicyclic) bond motifs is 1. The molecule has 1 unspecified atom stereocenters. The van der Waals surface area contributed by atoms with Gasteiger partial charge in [-0.1, -0.05) is 30.3 Å². The second kappa shape index (κ2) is 12.3. The van der Waals surface area contributed by atoms with E-state index in [0.29, 0.717) is 30.8 Å². The van der Waals surface area contributed by atoms with Gasteiger partial charge in [0.15, 0.2) is 6.61 Å². The van der Waals surface area contributed by atoms with Crippen molar-refractivity contribution in [1.82, 2.24) is 25.1 Å². The SMILES string of the molecule is Cn1cnc(CCNC(=O)c2cccc(OCC(=O)NCC(O)CN3CCc4ccccc4C3)c2)c1. The van der Waals surface area contributed by atoms with Gasteiger partial charge in [0.1, 0.15) is 5.75 Å². The second-order valence-corrected chi connectivity index (χ2v) is 9.06. The van der Waals surface area contributed by atoms with Crippen LogP contribution in [0.3, 0.4) is 0 Å². The van der Waals surface area contributed by atoms with E-state index in [1.807, 2.05) is 23.9 Å². The van der Waals surface area contributed by atoms with Crippen LogP contribution < -0.4 is 15.4 Å². The third-order valence-corrected chi connectivity index (χ3v) is 6.10. The van der Waals surface area contributed by atoms with E-state index in [0.717, 1.165) is 25.2 Å². The van der Waals surface area contributed by atoms with Crippen LogP contribution in [0.1, 0.15) is 27.2 Å². The summed E-state index contributed by atoms with van der Waals surface area (Å²) in [6.07, 6.45) is 4.57. The van der Waals surface area contributed by atoms with Gasteiger partial charge >= 0.3 is 0 Å². The number of aliphatic hydroxyl groups is 1. The number of nitrogens with one attached hydrogen (secondary N) is 2. The molecular formula is C27H33N5O4. The Bertz CT molecular complexity index is 1180. The summed E-state index contributed by atoms with van der Waals surface area (Å²) in [5.74, 6) is -0.123. The molecule has 2 heterocycles. The van der Waals surface area contributed by atoms with Crippen molar-refractivity contribution >= 4 is 11.8 Å². The number of hydrogen-bond donors (Lipinski definition) is 3. The average molecular weight is 492 g/mol. The molecule has 3 aromatic rings. The minimum Gasteiger partial charge on any atom is -0.484 e. The highest BCUT2D eigenvalue weighted by Gasteiger charge is 2.19. The van der Waals surface area contributed by atoms with E-state index in [-0.39, 0.29) is 25.0 Å². The van der Waals surface area contributed by atoms with E-state index in [2.05, 4.69) is 38.7 Å². The summed E-state index contributed by atoms with van der Waals surface area (Å²) in [6, 6.07) is 15.1. The maximum absolute atomic E-state index is 12.4. The molecule has 190 valence electrons. The summed E-state index contributed by atoms with van der Waals surface area (Å²) in [5.41, 5.74) is 4.01. The van der Waals surface area contributed by atoms with Crippen molar-refractivity contribution in [2.45, 2.75) is 25.5 Å². The van der Waals surface area contributed by atoms with Crippen LogP contribution in [0.15, 0.2) is 61.1 Å². The highest BCUT2D eigenvalue weighted by atomic mass is 16.5. The zero-order valence-corrected chi connectivity index (χ0v) is 20.5. The molecule has 1 atom stereocenters. The quantitative estimate of drug-likeness (QED) is 0.373. The number of imidazole rings is 1. The van der Waals surface area contributed by atoms with Crippen LogP contribution in [0.5, 0.6) is 5.75 Å². The standard InChI is InChI=1S/C27H33N5O4/c1-31-16-23(30-19-31)9-11-28-27(35)21-7-4-8-25(13-21)36-18-26(34)29-14-24(33)17-32-12-10-20-5-2-3-6-22(20)15-32/h2-8,13,16,19,24,33H,9-12,14-15,17-18H2,1H3,(H,28,35)(H,29,34). The predicted octanol–water partition coefficient (Wildman–Crippen LogP) is 1.31. The third-order valence-electron chi connectivity index (χ3n) is 6.10. The molecule has 4 rings (SSSR count). The first-order chi connectivity index (χ1) is 17.5. The highest BCUT2D eigenvalue weighted by Crippen LogP contribution is 2.18. The third kappa shape index (κ3) is 7.40. The first-order valence-corrected chi connectivity index (χ1v) is 12.2. The summed E-state index contributed by atoms with van der Waals surface area (Å²) in [5, 5.41) is 16.0. The number of carbonyl (C=O) groups is 2. The molecule has 1 aliphatic rings. The van der Waals surface area contributed by atoms with Gasteiger partial charge < -0.3 is 25.0 Å². The molecule has 1 aromatic heterocycles. The maximum atomic E-state index is 12.4. The Balaban J connectivity index is 1.15. The van der Waals surface area contributed by atoms with Gasteiger partial charge in [-0.25, -0.2) is 4.98 Å². The lowest BCUT2D eigenvalue weighted by Gasteiger charge is -2.30. The van der Waals surface area contributed by atoms with E-state index in [1.165, 1.54) is 11.1 Å². The predicted molar refractivity (Wildman–Crippen MR) is 136 cm³/mol. The zero-order chi connectivity index (χ0) is 25.3. The Labute approximate surface area is 211 Å². The number of nitrogens with zero attached hydrogens (tertiary/aromatic N) is 3. The fourth-order valence-electron chi connectivity index (χ4n) is 4.23. The van der Waals surface area contributed by atoms with E-state index < -0.39 is 6.10 Å². The van der Waals surface area contributed by atoms with Gasteiger partial charge in [0.25, 0.3) is 11.8 Å². The Morgan fingerprint density at radius 1 is 1.14 bits per heavy atom. The van der Waals surface area contributed by atoms with Crippen molar-refractivity contribution in [3.8, 4) is 5.75 Å². The molecule has 1 aliphatic heterocycles. The minimum absolute atomic E-state index is 0.152. The smallest absolute Gasteiger partial charge is 0.258 e. The fraction of sp³-hybridized carbons (Fsp3) is 0.370. The Hall–Kier alpha value is -3.69. The van der Waals surface area contributed by atoms with Gasteiger partial charge in [0.2, 0.25) is 0 Å². The topological polar surface area (TPSA) is 109 Å². The minimum atomic E-state index is -0.669. The number of amides is 2. The van der Waals surface area contributed by atoms with Gasteiger partial charge in [-0.3, -0.25) is 14.5 Å². The van der Waals surface area contributed by atoms with Crippen molar-refractivity contribution in [2.75, 3.05) is 32.8 Å². The van der Waals surface area contributed by atoms with Crippen LogP contribution in [0.25, 0.3) is 0 Å². The van der Waals surface area contributed by atoms with Gasteiger partial charge in [0, 0.05) is 58.0 Å². The molecule has 9 heteroatoms. The molecule has 0 spiro atoms. The van der Waals surface area contributed by atoms with Crippen molar-refractivity contribution in [3.05, 3.63) is 83.4 Å². The van der Waals surface area contributed by atoms with Crippen molar-refractivity contribution < 1.29 is 19.4 Å². The lowest BCUT2D eigenvalue weighted by atomic mass is 10.00. The lowest BCUT2D eigenvalue weighted by Crippen LogP contribution is -2.42. The molecule has 2 amide bonds. The Morgan fingerprint density at radius 3 is 2.78 bits per heavy atom. The van der Waals surface area contributed by atoms with Gasteiger partial charge in [0.05, 0.1) is 18.1 Å². The number of rotatable bonds is 11. The maximum Gasteiger partial charge on any atom is 0.258 e. The summed E-state index contributed by atoms with van der Waals surface area (Å²) < 4.78 is 7.42. The molecule has 36 heavy (non-hydrogen) atoms. The number of aliphatic hydroxyl groups excluding tert-OH is 1. The largest absolute Gasteiger partial charge is 0.484 e. The first-order valence-electron chi connectivity index (χ1n) is 12.2. The van der Waals surface area contributed by atoms with Crippen LogP contribution in [0.4, 0.5) is 0 Å². The molecule has 0 saturated carbocycles. The number of aromatic nitrogens is 2. The number of hydrogen-bond acceptors (Lipinski definition) is 6. The normalized spacial score (nSPS) is 14.1. The molecule has 0 fully saturated rings. The first kappa shape index (κ1) is 25.4. The van der Waals surface area contributed by atoms with Crippen molar-refractivity contribution in [1.29, 1.82) is 0 Å². The van der Waals surface area contributed by atoms with Crippen LogP contribution in [0.2, 0.25) is 0 Å². The molecule has 9 nitrogen and oxygen atoms in total. The molecular weight excluding hydrogens is 458 g/mol. The number of aryl methyl sites for hydroxylation is 1. The molecule has 3 N–H and O–H groups in total. The van der Waals surface area contributed by atoms with E-state index in [4.69, 9.17) is 4.74 Å². The van der Waals surface area contributed by atoms with Crippen LogP contribution in [-0.2, 0) is 31.2 Å². The van der Waals surface area contributed by atoms with Crippen LogP contribution in [-0.4, -0.2) is 70.3 Å². The fourth-order valence-corrected chi connectivity index (χ4v) is 4.23.